The number of ether oxygens (including phenoxy) is 3. The van der Waals surface area contributed by atoms with Gasteiger partial charge < -0.3 is 30.0 Å². The number of amides is 1. The zero-order chi connectivity index (χ0) is 23.6. The molecular formula is C25H42N2O5. The molecule has 0 aliphatic carbocycles. The number of hydrogen-bond donors (Lipinski definition) is 3. The number of nitrogens with one attached hydrogen (secondary N) is 2. The quantitative estimate of drug-likeness (QED) is 0.451. The fourth-order valence-electron chi connectivity index (χ4n) is 3.81. The zero-order valence-corrected chi connectivity index (χ0v) is 20.4. The summed E-state index contributed by atoms with van der Waals surface area (Å²) in [6.07, 6.45) is 2.12. The maximum atomic E-state index is 12.3. The van der Waals surface area contributed by atoms with Gasteiger partial charge in [0.1, 0.15) is 5.60 Å². The third kappa shape index (κ3) is 9.86. The molecule has 182 valence electrons. The highest BCUT2D eigenvalue weighted by Crippen LogP contribution is 2.26. The maximum Gasteiger partial charge on any atom is 0.407 e. The van der Waals surface area contributed by atoms with Crippen LogP contribution in [0.4, 0.5) is 4.79 Å². The number of aliphatic hydroxyl groups excluding tert-OH is 1. The lowest BCUT2D eigenvalue weighted by Gasteiger charge is -2.28. The molecule has 0 saturated carbocycles. The topological polar surface area (TPSA) is 89.0 Å². The first kappa shape index (κ1) is 26.6. The summed E-state index contributed by atoms with van der Waals surface area (Å²) in [5.74, 6) is -0.0105. The van der Waals surface area contributed by atoms with E-state index < -0.39 is 29.6 Å². The number of alkyl carbamates (subject to hydrolysis) is 1. The predicted molar refractivity (Wildman–Crippen MR) is 126 cm³/mol. The van der Waals surface area contributed by atoms with Crippen molar-refractivity contribution in [3.63, 3.8) is 0 Å². The lowest BCUT2D eigenvalue weighted by atomic mass is 9.96. The van der Waals surface area contributed by atoms with Gasteiger partial charge in [0.2, 0.25) is 0 Å². The van der Waals surface area contributed by atoms with Crippen LogP contribution in [0.1, 0.15) is 59.4 Å². The third-order valence-corrected chi connectivity index (χ3v) is 5.73. The summed E-state index contributed by atoms with van der Waals surface area (Å²) in [4.78, 5) is 12.3. The van der Waals surface area contributed by atoms with E-state index in [0.717, 1.165) is 31.4 Å². The standard InChI is InChI=1S/C25H42N2O5/c1-6-19(12-13-25(5)30-14-15-31-25)17-26-18-22(28)21(16-20-10-8-7-9-11-20)27-23(29)32-24(2,3)4/h7-11,19,21-22,26,28H,6,12-18H2,1-5H3,(H,27,29). The van der Waals surface area contributed by atoms with Crippen LogP contribution in [0.15, 0.2) is 30.3 Å². The average molecular weight is 451 g/mol. The molecule has 3 N–H and O–H groups in total. The third-order valence-electron chi connectivity index (χ3n) is 5.73. The largest absolute Gasteiger partial charge is 0.444 e. The van der Waals surface area contributed by atoms with Crippen molar-refractivity contribution in [3.05, 3.63) is 35.9 Å². The Morgan fingerprint density at radius 3 is 2.44 bits per heavy atom. The molecule has 1 aromatic carbocycles. The predicted octanol–water partition coefficient (Wildman–Crippen LogP) is 3.64. The second-order valence-corrected chi connectivity index (χ2v) is 9.81. The average Bonchev–Trinajstić information content (AvgIpc) is 3.16. The van der Waals surface area contributed by atoms with Gasteiger partial charge in [0.25, 0.3) is 0 Å². The molecule has 3 unspecified atom stereocenters. The Hall–Kier alpha value is -1.67. The van der Waals surface area contributed by atoms with E-state index in [4.69, 9.17) is 14.2 Å². The van der Waals surface area contributed by atoms with Crippen LogP contribution in [0.25, 0.3) is 0 Å². The summed E-state index contributed by atoms with van der Waals surface area (Å²) in [5, 5.41) is 17.1. The minimum absolute atomic E-state index is 0.383. The maximum absolute atomic E-state index is 12.3. The smallest absolute Gasteiger partial charge is 0.407 e. The normalized spacial score (nSPS) is 18.7. The Balaban J connectivity index is 1.86. The molecule has 2 rings (SSSR count). The van der Waals surface area contributed by atoms with Crippen LogP contribution in [0.3, 0.4) is 0 Å². The van der Waals surface area contributed by atoms with E-state index in [1.165, 1.54) is 0 Å². The highest BCUT2D eigenvalue weighted by molar-refractivity contribution is 5.68. The summed E-state index contributed by atoms with van der Waals surface area (Å²) in [7, 11) is 0. The molecule has 0 aromatic heterocycles. The van der Waals surface area contributed by atoms with Gasteiger partial charge in [-0.25, -0.2) is 4.79 Å². The van der Waals surface area contributed by atoms with Gasteiger partial charge >= 0.3 is 6.09 Å². The monoisotopic (exact) mass is 450 g/mol. The number of carbonyl (C=O) groups excluding carboxylic acids is 1. The van der Waals surface area contributed by atoms with E-state index >= 15 is 0 Å². The number of benzene rings is 1. The van der Waals surface area contributed by atoms with Gasteiger partial charge in [-0.2, -0.15) is 0 Å². The number of carbonyl (C=O) groups is 1. The molecule has 32 heavy (non-hydrogen) atoms. The molecule has 3 atom stereocenters. The van der Waals surface area contributed by atoms with Crippen molar-refractivity contribution >= 4 is 6.09 Å². The summed E-state index contributed by atoms with van der Waals surface area (Å²) in [5.41, 5.74) is 0.450. The Bertz CT molecular complexity index is 671. The molecule has 1 aromatic rings. The van der Waals surface area contributed by atoms with Crippen molar-refractivity contribution in [2.24, 2.45) is 5.92 Å². The molecule has 1 heterocycles. The second-order valence-electron chi connectivity index (χ2n) is 9.81. The number of rotatable bonds is 12. The molecular weight excluding hydrogens is 408 g/mol. The molecule has 1 fully saturated rings. The van der Waals surface area contributed by atoms with Crippen LogP contribution >= 0.6 is 0 Å². The molecule has 0 radical (unpaired) electrons. The Kier molecular flexibility index (Phi) is 10.4. The SMILES string of the molecule is CCC(CCC1(C)OCCO1)CNCC(O)C(Cc1ccccc1)NC(=O)OC(C)(C)C. The first-order valence-corrected chi connectivity index (χ1v) is 11.8. The minimum atomic E-state index is -0.751. The minimum Gasteiger partial charge on any atom is -0.444 e. The Morgan fingerprint density at radius 1 is 1.19 bits per heavy atom. The van der Waals surface area contributed by atoms with Crippen molar-refractivity contribution in [1.82, 2.24) is 10.6 Å². The van der Waals surface area contributed by atoms with Crippen LogP contribution < -0.4 is 10.6 Å². The van der Waals surface area contributed by atoms with Gasteiger partial charge in [-0.15, -0.1) is 0 Å². The molecule has 7 heteroatoms. The van der Waals surface area contributed by atoms with Crippen molar-refractivity contribution in [2.75, 3.05) is 26.3 Å². The first-order valence-electron chi connectivity index (χ1n) is 11.8. The van der Waals surface area contributed by atoms with Crippen LogP contribution in [0.5, 0.6) is 0 Å². The highest BCUT2D eigenvalue weighted by Gasteiger charge is 2.31. The molecule has 7 nitrogen and oxygen atoms in total. The number of aliphatic hydroxyl groups is 1. The highest BCUT2D eigenvalue weighted by atomic mass is 16.7. The van der Waals surface area contributed by atoms with Crippen molar-refractivity contribution in [3.8, 4) is 0 Å². The van der Waals surface area contributed by atoms with Crippen molar-refractivity contribution < 1.29 is 24.1 Å². The molecule has 0 spiro atoms. The van der Waals surface area contributed by atoms with E-state index in [1.807, 2.05) is 58.0 Å². The van der Waals surface area contributed by atoms with Gasteiger partial charge in [0.15, 0.2) is 5.79 Å². The lowest BCUT2D eigenvalue weighted by Crippen LogP contribution is -2.50. The van der Waals surface area contributed by atoms with Crippen LogP contribution in [-0.4, -0.2) is 61.0 Å². The molecule has 1 saturated heterocycles. The first-order chi connectivity index (χ1) is 15.1. The van der Waals surface area contributed by atoms with E-state index in [9.17, 15) is 9.90 Å². The van der Waals surface area contributed by atoms with E-state index in [1.54, 1.807) is 0 Å². The summed E-state index contributed by atoms with van der Waals surface area (Å²) >= 11 is 0. The van der Waals surface area contributed by atoms with Gasteiger partial charge in [0, 0.05) is 13.0 Å². The molecule has 1 aliphatic heterocycles. The fraction of sp³-hybridized carbons (Fsp3) is 0.720. The Morgan fingerprint density at radius 2 is 1.84 bits per heavy atom. The van der Waals surface area contributed by atoms with Gasteiger partial charge in [-0.1, -0.05) is 43.7 Å². The summed E-state index contributed by atoms with van der Waals surface area (Å²) in [6, 6.07) is 9.38. The number of hydrogen-bond acceptors (Lipinski definition) is 6. The van der Waals surface area contributed by atoms with Crippen LogP contribution in [0.2, 0.25) is 0 Å². The fourth-order valence-corrected chi connectivity index (χ4v) is 3.81. The van der Waals surface area contributed by atoms with E-state index in [0.29, 0.717) is 32.1 Å². The summed E-state index contributed by atoms with van der Waals surface area (Å²) in [6.45, 7) is 12.1. The van der Waals surface area contributed by atoms with Crippen molar-refractivity contribution in [2.45, 2.75) is 83.8 Å². The lowest BCUT2D eigenvalue weighted by molar-refractivity contribution is -0.149. The molecule has 0 bridgehead atoms. The van der Waals surface area contributed by atoms with E-state index in [2.05, 4.69) is 17.6 Å². The van der Waals surface area contributed by atoms with E-state index in [-0.39, 0.29) is 0 Å². The summed E-state index contributed by atoms with van der Waals surface area (Å²) < 4.78 is 16.8. The van der Waals surface area contributed by atoms with Gasteiger partial charge in [-0.3, -0.25) is 0 Å². The van der Waals surface area contributed by atoms with Crippen molar-refractivity contribution in [1.29, 1.82) is 0 Å². The molecule has 1 amide bonds. The second kappa shape index (κ2) is 12.5. The van der Waals surface area contributed by atoms with Gasteiger partial charge in [-0.05, 0) is 58.6 Å². The van der Waals surface area contributed by atoms with Crippen LogP contribution in [-0.2, 0) is 20.6 Å². The Labute approximate surface area is 193 Å². The van der Waals surface area contributed by atoms with Crippen LogP contribution in [0, 0.1) is 5.92 Å². The molecule has 1 aliphatic rings. The van der Waals surface area contributed by atoms with Gasteiger partial charge in [0.05, 0.1) is 25.4 Å². The zero-order valence-electron chi connectivity index (χ0n) is 20.4.